The van der Waals surface area contributed by atoms with Gasteiger partial charge in [0.05, 0.1) is 6.54 Å². The molecule has 0 aromatic heterocycles. The molecule has 1 N–H and O–H groups in total. The van der Waals surface area contributed by atoms with Gasteiger partial charge in [-0.1, -0.05) is 205 Å². The maximum Gasteiger partial charge on any atom is 0.234 e. The van der Waals surface area contributed by atoms with Gasteiger partial charge < -0.3 is 5.32 Å². The van der Waals surface area contributed by atoms with Crippen LogP contribution in [0.2, 0.25) is 0 Å². The van der Waals surface area contributed by atoms with Gasteiger partial charge in [-0.15, -0.1) is 12.6 Å². The fourth-order valence-electron chi connectivity index (χ4n) is 5.86. The lowest BCUT2D eigenvalue weighted by atomic mass is 10.0. The molecule has 0 aliphatic heterocycles. The zero-order valence-electron chi connectivity index (χ0n) is 27.3. The Morgan fingerprint density at radius 3 is 0.878 bits per heavy atom. The van der Waals surface area contributed by atoms with Crippen LogP contribution in [0.3, 0.4) is 0 Å². The predicted octanol–water partition coefficient (Wildman–Crippen LogP) is 12.6. The van der Waals surface area contributed by atoms with Gasteiger partial charge in [-0.2, -0.15) is 0 Å². The van der Waals surface area contributed by atoms with E-state index in [1.165, 1.54) is 199 Å². The Morgan fingerprint density at radius 2 is 0.659 bits per heavy atom. The minimum absolute atomic E-state index is 0.626. The summed E-state index contributed by atoms with van der Waals surface area (Å²) in [4.78, 5) is 13.6. The van der Waals surface area contributed by atoms with Crippen molar-refractivity contribution in [3.05, 3.63) is 0 Å². The van der Waals surface area contributed by atoms with Gasteiger partial charge in [-0.05, 0) is 12.8 Å². The van der Waals surface area contributed by atoms with Gasteiger partial charge in [0.15, 0.2) is 0 Å². The number of nitrogens with one attached hydrogen (secondary N) is 1. The molecule has 0 amide bonds. The SMILES string of the molecule is O=C=NCCCCCCCCCCCCCCCCCCCCCCCCCCCCCCCCCCNC(=S)S. The van der Waals surface area contributed by atoms with E-state index in [4.69, 9.17) is 12.2 Å². The van der Waals surface area contributed by atoms with Gasteiger partial charge in [0, 0.05) is 6.54 Å². The van der Waals surface area contributed by atoms with Crippen molar-refractivity contribution in [3.63, 3.8) is 0 Å². The normalized spacial score (nSPS) is 11.0. The van der Waals surface area contributed by atoms with Gasteiger partial charge >= 0.3 is 0 Å². The number of unbranched alkanes of at least 4 members (excludes halogenated alkanes) is 31. The standard InChI is InChI=1S/C36H70N2OS2/c39-35-37-33-31-29-27-25-23-21-19-17-15-13-11-9-7-5-3-1-2-4-6-8-10-12-14-16-18-20-22-24-26-28-30-32-34-38-36(40)41/h1-34H2,(H2,38,40,41). The Kier molecular flexibility index (Phi) is 37.3. The van der Waals surface area contributed by atoms with Crippen LogP contribution in [-0.2, 0) is 4.79 Å². The van der Waals surface area contributed by atoms with Crippen LogP contribution < -0.4 is 5.32 Å². The average molecular weight is 611 g/mol. The van der Waals surface area contributed by atoms with Crippen LogP contribution in [0.4, 0.5) is 0 Å². The number of hydrogen-bond acceptors (Lipinski definition) is 3. The minimum Gasteiger partial charge on any atom is -0.371 e. The van der Waals surface area contributed by atoms with Crippen molar-refractivity contribution >= 4 is 35.2 Å². The first kappa shape index (κ1) is 40.6. The summed E-state index contributed by atoms with van der Waals surface area (Å²) in [5.74, 6) is 0. The van der Waals surface area contributed by atoms with Gasteiger partial charge in [0.2, 0.25) is 6.08 Å². The van der Waals surface area contributed by atoms with Crippen molar-refractivity contribution in [2.75, 3.05) is 13.1 Å². The summed E-state index contributed by atoms with van der Waals surface area (Å²) < 4.78 is 0.626. The molecule has 242 valence electrons. The second kappa shape index (κ2) is 37.6. The number of thiol groups is 1. The van der Waals surface area contributed by atoms with Crippen LogP contribution in [0.25, 0.3) is 0 Å². The maximum atomic E-state index is 9.99. The molecule has 0 fully saturated rings. The number of nitrogens with zero attached hydrogens (tertiary/aromatic N) is 1. The highest BCUT2D eigenvalue weighted by Gasteiger charge is 1.97. The van der Waals surface area contributed by atoms with Gasteiger partial charge in [-0.3, -0.25) is 0 Å². The fraction of sp³-hybridized carbons (Fsp3) is 0.944. The summed E-state index contributed by atoms with van der Waals surface area (Å²) in [7, 11) is 0. The Labute approximate surface area is 268 Å². The van der Waals surface area contributed by atoms with Gasteiger partial charge in [0.1, 0.15) is 4.32 Å². The molecule has 0 bridgehead atoms. The van der Waals surface area contributed by atoms with Crippen LogP contribution >= 0.6 is 24.8 Å². The van der Waals surface area contributed by atoms with E-state index in [0.717, 1.165) is 13.0 Å². The molecule has 0 atom stereocenters. The molecule has 0 saturated carbocycles. The van der Waals surface area contributed by atoms with Crippen molar-refractivity contribution in [1.82, 2.24) is 5.32 Å². The quantitative estimate of drug-likeness (QED) is 0.0246. The lowest BCUT2D eigenvalue weighted by Crippen LogP contribution is -2.17. The monoisotopic (exact) mass is 610 g/mol. The molecule has 0 radical (unpaired) electrons. The molecule has 0 aromatic rings. The molecule has 0 unspecified atom stereocenters. The molecule has 0 saturated heterocycles. The summed E-state index contributed by atoms with van der Waals surface area (Å²) in [6.07, 6.45) is 46.6. The summed E-state index contributed by atoms with van der Waals surface area (Å²) in [5, 5.41) is 3.11. The Morgan fingerprint density at radius 1 is 0.439 bits per heavy atom. The molecule has 0 rings (SSSR count). The zero-order valence-corrected chi connectivity index (χ0v) is 29.0. The first-order valence-electron chi connectivity index (χ1n) is 18.3. The first-order chi connectivity index (χ1) is 20.3. The fourth-order valence-corrected chi connectivity index (χ4v) is 6.07. The number of hydrogen-bond donors (Lipinski definition) is 2. The van der Waals surface area contributed by atoms with Gasteiger partial charge in [-0.25, -0.2) is 9.79 Å². The highest BCUT2D eigenvalue weighted by atomic mass is 32.1. The third kappa shape index (κ3) is 39.6. The van der Waals surface area contributed by atoms with Crippen LogP contribution in [0.5, 0.6) is 0 Å². The minimum atomic E-state index is 0.626. The molecular weight excluding hydrogens is 541 g/mol. The molecule has 5 heteroatoms. The van der Waals surface area contributed by atoms with Crippen LogP contribution in [0.15, 0.2) is 4.99 Å². The van der Waals surface area contributed by atoms with E-state index in [1.54, 1.807) is 6.08 Å². The second-order valence-corrected chi connectivity index (χ2v) is 13.7. The topological polar surface area (TPSA) is 41.5 Å². The van der Waals surface area contributed by atoms with E-state index in [-0.39, 0.29) is 0 Å². The van der Waals surface area contributed by atoms with Crippen LogP contribution in [-0.4, -0.2) is 23.5 Å². The first-order valence-corrected chi connectivity index (χ1v) is 19.1. The maximum absolute atomic E-state index is 9.99. The van der Waals surface area contributed by atoms with E-state index in [2.05, 4.69) is 22.9 Å². The Balaban J connectivity index is 3.04. The van der Waals surface area contributed by atoms with Crippen molar-refractivity contribution < 1.29 is 4.79 Å². The molecule has 3 nitrogen and oxygen atoms in total. The predicted molar refractivity (Wildman–Crippen MR) is 190 cm³/mol. The van der Waals surface area contributed by atoms with E-state index in [9.17, 15) is 4.79 Å². The van der Waals surface area contributed by atoms with E-state index in [1.807, 2.05) is 0 Å². The smallest absolute Gasteiger partial charge is 0.234 e. The third-order valence-electron chi connectivity index (χ3n) is 8.54. The number of carbonyl (C=O) groups excluding carboxylic acids is 1. The van der Waals surface area contributed by atoms with Gasteiger partial charge in [0.25, 0.3) is 0 Å². The molecule has 0 aliphatic carbocycles. The highest BCUT2D eigenvalue weighted by Crippen LogP contribution is 2.16. The summed E-state index contributed by atoms with van der Waals surface area (Å²) in [6, 6.07) is 0. The van der Waals surface area contributed by atoms with Crippen molar-refractivity contribution in [2.24, 2.45) is 4.99 Å². The van der Waals surface area contributed by atoms with Crippen molar-refractivity contribution in [3.8, 4) is 0 Å². The zero-order chi connectivity index (χ0) is 29.7. The Bertz CT molecular complexity index is 532. The highest BCUT2D eigenvalue weighted by molar-refractivity contribution is 8.11. The Hall–Kier alpha value is -0.380. The lowest BCUT2D eigenvalue weighted by molar-refractivity contribution is 0.511. The van der Waals surface area contributed by atoms with Crippen molar-refractivity contribution in [2.45, 2.75) is 205 Å². The number of thiocarbonyl (C=S) groups is 1. The van der Waals surface area contributed by atoms with Crippen molar-refractivity contribution in [1.29, 1.82) is 0 Å². The molecule has 0 spiro atoms. The number of rotatable bonds is 35. The molecular formula is C36H70N2OS2. The molecule has 0 aromatic carbocycles. The largest absolute Gasteiger partial charge is 0.371 e. The summed E-state index contributed by atoms with van der Waals surface area (Å²) >= 11 is 8.99. The average Bonchev–Trinajstić information content (AvgIpc) is 2.97. The van der Waals surface area contributed by atoms with E-state index in [0.29, 0.717) is 10.9 Å². The van der Waals surface area contributed by atoms with Crippen LogP contribution in [0, 0.1) is 0 Å². The molecule has 41 heavy (non-hydrogen) atoms. The molecule has 0 heterocycles. The van der Waals surface area contributed by atoms with E-state index < -0.39 is 0 Å². The molecule has 0 aliphatic rings. The lowest BCUT2D eigenvalue weighted by Gasteiger charge is -2.05. The van der Waals surface area contributed by atoms with E-state index >= 15 is 0 Å². The van der Waals surface area contributed by atoms with Crippen LogP contribution in [0.1, 0.15) is 205 Å². The third-order valence-corrected chi connectivity index (χ3v) is 8.84. The second-order valence-electron chi connectivity index (χ2n) is 12.5. The summed E-state index contributed by atoms with van der Waals surface area (Å²) in [6.45, 7) is 1.65. The summed E-state index contributed by atoms with van der Waals surface area (Å²) in [5.41, 5.74) is 0. The number of aliphatic imine (C=N–C) groups is 1. The number of isocyanates is 1.